The largest absolute Gasteiger partial charge is 0.487 e. The fraction of sp³-hybridized carbons (Fsp3) is 0.545. The van der Waals surface area contributed by atoms with Crippen LogP contribution in [0.1, 0.15) is 0 Å². The van der Waals surface area contributed by atoms with Gasteiger partial charge in [-0.2, -0.15) is 0 Å². The Bertz CT molecular complexity index is 669. The van der Waals surface area contributed by atoms with Crippen molar-refractivity contribution in [1.82, 2.24) is 0 Å². The van der Waals surface area contributed by atoms with Crippen molar-refractivity contribution < 1.29 is 28.4 Å². The standard InChI is InChI=1S/C22H30O6S2/c1-2-4-20-18-22-21(17-19(20)3-1)27-11-9-23-5-7-25-13-15-29-30-16-14-26-8-6-24-10-12-28-22/h1-4,17-18H,5-16H2. The Kier molecular flexibility index (Phi) is 11.6. The Morgan fingerprint density at radius 2 is 0.900 bits per heavy atom. The van der Waals surface area contributed by atoms with E-state index in [0.29, 0.717) is 64.4 Å². The Hall–Kier alpha value is -1.16. The molecule has 0 amide bonds. The molecule has 30 heavy (non-hydrogen) atoms. The quantitative estimate of drug-likeness (QED) is 0.553. The summed E-state index contributed by atoms with van der Waals surface area (Å²) >= 11 is 0. The molecule has 3 rings (SSSR count). The van der Waals surface area contributed by atoms with Gasteiger partial charge in [0.05, 0.1) is 52.9 Å². The summed E-state index contributed by atoms with van der Waals surface area (Å²) < 4.78 is 34.3. The molecule has 0 N–H and O–H groups in total. The van der Waals surface area contributed by atoms with Crippen molar-refractivity contribution in [1.29, 1.82) is 0 Å². The number of rotatable bonds is 0. The zero-order valence-corrected chi connectivity index (χ0v) is 18.8. The molecule has 0 bridgehead atoms. The average molecular weight is 455 g/mol. The van der Waals surface area contributed by atoms with E-state index in [1.165, 1.54) is 0 Å². The van der Waals surface area contributed by atoms with Gasteiger partial charge >= 0.3 is 0 Å². The van der Waals surface area contributed by atoms with Gasteiger partial charge in [0.1, 0.15) is 13.2 Å². The van der Waals surface area contributed by atoms with Gasteiger partial charge in [-0.3, -0.25) is 0 Å². The maximum Gasteiger partial charge on any atom is 0.161 e. The molecule has 0 saturated carbocycles. The van der Waals surface area contributed by atoms with E-state index in [9.17, 15) is 0 Å². The van der Waals surface area contributed by atoms with Crippen LogP contribution in [0.3, 0.4) is 0 Å². The number of benzene rings is 2. The topological polar surface area (TPSA) is 55.4 Å². The van der Waals surface area contributed by atoms with Crippen LogP contribution in [-0.4, -0.2) is 77.6 Å². The van der Waals surface area contributed by atoms with E-state index in [2.05, 4.69) is 12.1 Å². The summed E-state index contributed by atoms with van der Waals surface area (Å²) in [5, 5.41) is 2.22. The van der Waals surface area contributed by atoms with E-state index in [-0.39, 0.29) is 0 Å². The summed E-state index contributed by atoms with van der Waals surface area (Å²) in [5.41, 5.74) is 0. The molecule has 0 fully saturated rings. The summed E-state index contributed by atoms with van der Waals surface area (Å²) in [6.07, 6.45) is 0. The van der Waals surface area contributed by atoms with Crippen LogP contribution >= 0.6 is 21.6 Å². The fourth-order valence-electron chi connectivity index (χ4n) is 2.79. The molecule has 2 aromatic rings. The first kappa shape index (κ1) is 23.5. The maximum absolute atomic E-state index is 5.95. The molecule has 0 aliphatic carbocycles. The van der Waals surface area contributed by atoms with Gasteiger partial charge in [0, 0.05) is 11.5 Å². The zero-order valence-electron chi connectivity index (χ0n) is 17.2. The van der Waals surface area contributed by atoms with Gasteiger partial charge in [-0.15, -0.1) is 0 Å². The molecular formula is C22H30O6S2. The molecule has 0 saturated heterocycles. The lowest BCUT2D eigenvalue weighted by Crippen LogP contribution is -2.13. The first-order valence-corrected chi connectivity index (χ1v) is 12.8. The second-order valence-corrected chi connectivity index (χ2v) is 9.14. The van der Waals surface area contributed by atoms with Crippen molar-refractivity contribution in [3.05, 3.63) is 36.4 Å². The third-order valence-electron chi connectivity index (χ3n) is 4.23. The normalized spacial score (nSPS) is 19.5. The first-order valence-electron chi connectivity index (χ1n) is 10.3. The third-order valence-corrected chi connectivity index (χ3v) is 6.57. The molecule has 0 spiro atoms. The van der Waals surface area contributed by atoms with E-state index in [0.717, 1.165) is 35.5 Å². The Morgan fingerprint density at radius 3 is 1.37 bits per heavy atom. The maximum atomic E-state index is 5.95. The Morgan fingerprint density at radius 1 is 0.500 bits per heavy atom. The van der Waals surface area contributed by atoms with E-state index in [1.54, 1.807) is 21.6 Å². The van der Waals surface area contributed by atoms with Crippen molar-refractivity contribution in [2.75, 3.05) is 77.6 Å². The molecule has 0 atom stereocenters. The molecule has 0 unspecified atom stereocenters. The number of fused-ring (bicyclic) bond motifs is 2. The van der Waals surface area contributed by atoms with Crippen LogP contribution in [0.25, 0.3) is 10.8 Å². The van der Waals surface area contributed by atoms with Gasteiger partial charge in [-0.05, 0) is 22.9 Å². The second kappa shape index (κ2) is 14.8. The van der Waals surface area contributed by atoms with Gasteiger partial charge in [-0.25, -0.2) is 0 Å². The van der Waals surface area contributed by atoms with E-state index in [1.807, 2.05) is 24.3 Å². The van der Waals surface area contributed by atoms with E-state index in [4.69, 9.17) is 28.4 Å². The fourth-order valence-corrected chi connectivity index (χ4v) is 4.52. The minimum atomic E-state index is 0.453. The molecule has 0 aromatic heterocycles. The van der Waals surface area contributed by atoms with Crippen LogP contribution in [-0.2, 0) is 18.9 Å². The van der Waals surface area contributed by atoms with Crippen molar-refractivity contribution in [3.63, 3.8) is 0 Å². The molecule has 6 nitrogen and oxygen atoms in total. The van der Waals surface area contributed by atoms with E-state index >= 15 is 0 Å². The highest BCUT2D eigenvalue weighted by molar-refractivity contribution is 8.76. The van der Waals surface area contributed by atoms with Gasteiger partial charge in [0.15, 0.2) is 11.5 Å². The highest BCUT2D eigenvalue weighted by Gasteiger charge is 2.08. The summed E-state index contributed by atoms with van der Waals surface area (Å²) in [6.45, 7) is 5.68. The van der Waals surface area contributed by atoms with Crippen LogP contribution in [0, 0.1) is 0 Å². The monoisotopic (exact) mass is 454 g/mol. The lowest BCUT2D eigenvalue weighted by molar-refractivity contribution is 0.0376. The summed E-state index contributed by atoms with van der Waals surface area (Å²) in [5.74, 6) is 3.35. The van der Waals surface area contributed by atoms with Gasteiger partial charge < -0.3 is 28.4 Å². The van der Waals surface area contributed by atoms with Gasteiger partial charge in [0.25, 0.3) is 0 Å². The van der Waals surface area contributed by atoms with Crippen molar-refractivity contribution in [3.8, 4) is 11.5 Å². The minimum Gasteiger partial charge on any atom is -0.487 e. The number of ether oxygens (including phenoxy) is 6. The molecule has 1 heterocycles. The molecule has 166 valence electrons. The highest BCUT2D eigenvalue weighted by atomic mass is 33.1. The lowest BCUT2D eigenvalue weighted by atomic mass is 10.1. The summed E-state index contributed by atoms with van der Waals surface area (Å²) in [7, 11) is 3.61. The zero-order chi connectivity index (χ0) is 20.7. The SMILES string of the molecule is c1ccc2cc3c(cc2c1)OCCOCCOCCSSCCOCCOCCO3. The predicted octanol–water partition coefficient (Wildman–Crippen LogP) is 4.06. The van der Waals surface area contributed by atoms with Crippen LogP contribution in [0.5, 0.6) is 11.5 Å². The second-order valence-electron chi connectivity index (χ2n) is 6.44. The third kappa shape index (κ3) is 8.91. The summed E-state index contributed by atoms with van der Waals surface area (Å²) in [6, 6.07) is 12.2. The Labute approximate surface area is 186 Å². The summed E-state index contributed by atoms with van der Waals surface area (Å²) in [4.78, 5) is 0. The van der Waals surface area contributed by atoms with Crippen molar-refractivity contribution in [2.24, 2.45) is 0 Å². The highest BCUT2D eigenvalue weighted by Crippen LogP contribution is 2.32. The van der Waals surface area contributed by atoms with Crippen LogP contribution in [0.15, 0.2) is 36.4 Å². The molecule has 8 heteroatoms. The average Bonchev–Trinajstić information content (AvgIpc) is 2.77. The van der Waals surface area contributed by atoms with Crippen LogP contribution < -0.4 is 9.47 Å². The number of hydrogen-bond donors (Lipinski definition) is 0. The van der Waals surface area contributed by atoms with E-state index < -0.39 is 0 Å². The van der Waals surface area contributed by atoms with Crippen LogP contribution in [0.4, 0.5) is 0 Å². The number of hydrogen-bond acceptors (Lipinski definition) is 8. The first-order chi connectivity index (χ1) is 14.9. The molecule has 1 aliphatic rings. The minimum absolute atomic E-state index is 0.453. The predicted molar refractivity (Wildman–Crippen MR) is 123 cm³/mol. The molecule has 0 radical (unpaired) electrons. The molecular weight excluding hydrogens is 424 g/mol. The van der Waals surface area contributed by atoms with Gasteiger partial charge in [0.2, 0.25) is 0 Å². The van der Waals surface area contributed by atoms with Crippen LogP contribution in [0.2, 0.25) is 0 Å². The van der Waals surface area contributed by atoms with Crippen molar-refractivity contribution >= 4 is 32.4 Å². The lowest BCUT2D eigenvalue weighted by Gasteiger charge is -2.15. The Balaban J connectivity index is 1.53. The molecule has 2 aromatic carbocycles. The van der Waals surface area contributed by atoms with Crippen molar-refractivity contribution in [2.45, 2.75) is 0 Å². The van der Waals surface area contributed by atoms with Gasteiger partial charge in [-0.1, -0.05) is 45.9 Å². The molecule has 1 aliphatic heterocycles. The smallest absolute Gasteiger partial charge is 0.161 e.